The SMILES string of the molecule is COC(=O)CCCCC(=O)C=CC1=C(CCC(=O)OC)C(=O)CC1O. The number of carbonyl (C=O) groups is 4. The van der Waals surface area contributed by atoms with E-state index >= 15 is 0 Å². The Morgan fingerprint density at radius 1 is 1.08 bits per heavy atom. The van der Waals surface area contributed by atoms with Gasteiger partial charge in [-0.25, -0.2) is 0 Å². The van der Waals surface area contributed by atoms with Gasteiger partial charge < -0.3 is 14.6 Å². The van der Waals surface area contributed by atoms with Gasteiger partial charge in [0.05, 0.1) is 20.3 Å². The van der Waals surface area contributed by atoms with Crippen LogP contribution in [0.3, 0.4) is 0 Å². The highest BCUT2D eigenvalue weighted by Gasteiger charge is 2.29. The highest BCUT2D eigenvalue weighted by molar-refractivity contribution is 6.01. The van der Waals surface area contributed by atoms with Crippen molar-refractivity contribution in [1.82, 2.24) is 0 Å². The topological polar surface area (TPSA) is 107 Å². The van der Waals surface area contributed by atoms with Crippen LogP contribution in [0.5, 0.6) is 0 Å². The Bertz CT molecular complexity index is 586. The number of methoxy groups -OCH3 is 2. The van der Waals surface area contributed by atoms with Crippen molar-refractivity contribution >= 4 is 23.5 Å². The zero-order valence-electron chi connectivity index (χ0n) is 14.6. The van der Waals surface area contributed by atoms with Crippen molar-refractivity contribution in [2.75, 3.05) is 14.2 Å². The van der Waals surface area contributed by atoms with Gasteiger partial charge in [0.1, 0.15) is 0 Å². The smallest absolute Gasteiger partial charge is 0.305 e. The Morgan fingerprint density at radius 3 is 2.32 bits per heavy atom. The van der Waals surface area contributed by atoms with Gasteiger partial charge in [-0.1, -0.05) is 6.08 Å². The molecule has 138 valence electrons. The number of esters is 2. The fourth-order valence-corrected chi connectivity index (χ4v) is 2.53. The van der Waals surface area contributed by atoms with Gasteiger partial charge in [0.15, 0.2) is 11.6 Å². The summed E-state index contributed by atoms with van der Waals surface area (Å²) >= 11 is 0. The number of Topliss-reactive ketones (excluding diaryl/α,β-unsaturated/α-hetero) is 1. The summed E-state index contributed by atoms with van der Waals surface area (Å²) in [6.07, 6.45) is 3.64. The van der Waals surface area contributed by atoms with Crippen LogP contribution in [-0.4, -0.2) is 48.9 Å². The van der Waals surface area contributed by atoms with Crippen LogP contribution in [0.1, 0.15) is 44.9 Å². The van der Waals surface area contributed by atoms with Gasteiger partial charge >= 0.3 is 11.9 Å². The molecule has 0 spiro atoms. The van der Waals surface area contributed by atoms with Gasteiger partial charge in [0, 0.05) is 31.3 Å². The number of carbonyl (C=O) groups excluding carboxylic acids is 4. The molecule has 0 saturated heterocycles. The number of aliphatic hydroxyl groups excluding tert-OH is 1. The monoisotopic (exact) mass is 352 g/mol. The summed E-state index contributed by atoms with van der Waals surface area (Å²) < 4.78 is 9.06. The molecule has 7 nitrogen and oxygen atoms in total. The Kier molecular flexibility index (Phi) is 8.77. The molecule has 0 aromatic rings. The van der Waals surface area contributed by atoms with Crippen LogP contribution in [0.15, 0.2) is 23.3 Å². The summed E-state index contributed by atoms with van der Waals surface area (Å²) in [6.45, 7) is 0. The molecule has 25 heavy (non-hydrogen) atoms. The number of aliphatic hydroxyl groups is 1. The quantitative estimate of drug-likeness (QED) is 0.360. The number of ketones is 2. The molecule has 0 fully saturated rings. The molecule has 0 aromatic carbocycles. The van der Waals surface area contributed by atoms with Crippen LogP contribution in [0.4, 0.5) is 0 Å². The van der Waals surface area contributed by atoms with Crippen LogP contribution < -0.4 is 0 Å². The number of rotatable bonds is 10. The van der Waals surface area contributed by atoms with Gasteiger partial charge in [-0.2, -0.15) is 0 Å². The first-order valence-corrected chi connectivity index (χ1v) is 8.17. The van der Waals surface area contributed by atoms with E-state index in [1.807, 2.05) is 0 Å². The molecule has 0 aromatic heterocycles. The minimum Gasteiger partial charge on any atom is -0.469 e. The molecule has 7 heteroatoms. The normalized spacial score (nSPS) is 17.2. The lowest BCUT2D eigenvalue weighted by molar-refractivity contribution is -0.141. The molecule has 1 aliphatic rings. The summed E-state index contributed by atoms with van der Waals surface area (Å²) in [5.74, 6) is -1.12. The predicted molar refractivity (Wildman–Crippen MR) is 88.5 cm³/mol. The van der Waals surface area contributed by atoms with Crippen LogP contribution in [0.25, 0.3) is 0 Å². The lowest BCUT2D eigenvalue weighted by atomic mass is 10.0. The average Bonchev–Trinajstić information content (AvgIpc) is 2.87. The third kappa shape index (κ3) is 7.01. The summed E-state index contributed by atoms with van der Waals surface area (Å²) in [4.78, 5) is 46.0. The number of unbranched alkanes of at least 4 members (excludes halogenated alkanes) is 1. The number of allylic oxidation sites excluding steroid dienone is 2. The fraction of sp³-hybridized carbons (Fsp3) is 0.556. The summed E-state index contributed by atoms with van der Waals surface area (Å²) in [6, 6.07) is 0. The van der Waals surface area contributed by atoms with Gasteiger partial charge in [0.25, 0.3) is 0 Å². The third-order valence-corrected chi connectivity index (χ3v) is 3.96. The minimum absolute atomic E-state index is 0.0382. The number of ether oxygens (including phenoxy) is 2. The zero-order chi connectivity index (χ0) is 18.8. The lowest BCUT2D eigenvalue weighted by Gasteiger charge is -2.05. The van der Waals surface area contributed by atoms with E-state index in [9.17, 15) is 24.3 Å². The molecule has 1 atom stereocenters. The Balaban J connectivity index is 2.59. The first-order chi connectivity index (χ1) is 11.9. The van der Waals surface area contributed by atoms with E-state index in [0.29, 0.717) is 24.0 Å². The summed E-state index contributed by atoms with van der Waals surface area (Å²) in [5.41, 5.74) is 0.754. The van der Waals surface area contributed by atoms with E-state index < -0.39 is 12.1 Å². The van der Waals surface area contributed by atoms with E-state index in [1.165, 1.54) is 26.4 Å². The van der Waals surface area contributed by atoms with Crippen molar-refractivity contribution in [3.8, 4) is 0 Å². The maximum absolute atomic E-state index is 11.9. The Labute approximate surface area is 146 Å². The maximum atomic E-state index is 11.9. The Hall–Kier alpha value is -2.28. The number of hydrogen-bond donors (Lipinski definition) is 1. The van der Waals surface area contributed by atoms with Crippen LogP contribution in [0.2, 0.25) is 0 Å². The van der Waals surface area contributed by atoms with Crippen molar-refractivity contribution < 1.29 is 33.8 Å². The molecule has 1 unspecified atom stereocenters. The highest BCUT2D eigenvalue weighted by atomic mass is 16.5. The zero-order valence-corrected chi connectivity index (χ0v) is 14.6. The standard InChI is InChI=1S/C18H24O7/c1-24-17(22)6-4-3-5-12(19)7-8-13-14(9-10-18(23)25-2)16(21)11-15(13)20/h7-8,15,20H,3-6,9-11H2,1-2H3. The van der Waals surface area contributed by atoms with Gasteiger partial charge in [-0.05, 0) is 30.9 Å². The van der Waals surface area contributed by atoms with E-state index in [0.717, 1.165) is 0 Å². The first kappa shape index (κ1) is 20.8. The summed E-state index contributed by atoms with van der Waals surface area (Å²) in [5, 5.41) is 9.96. The molecular weight excluding hydrogens is 328 g/mol. The van der Waals surface area contributed by atoms with Crippen LogP contribution in [-0.2, 0) is 28.7 Å². The average molecular weight is 352 g/mol. The second-order valence-electron chi connectivity index (χ2n) is 5.74. The minimum atomic E-state index is -0.955. The second kappa shape index (κ2) is 10.6. The van der Waals surface area contributed by atoms with E-state index in [-0.39, 0.29) is 49.6 Å². The molecule has 1 aliphatic carbocycles. The maximum Gasteiger partial charge on any atom is 0.305 e. The van der Waals surface area contributed by atoms with Crippen molar-refractivity contribution in [2.45, 2.75) is 51.0 Å². The molecule has 0 aliphatic heterocycles. The molecule has 0 bridgehead atoms. The van der Waals surface area contributed by atoms with Crippen LogP contribution >= 0.6 is 0 Å². The first-order valence-electron chi connectivity index (χ1n) is 8.17. The highest BCUT2D eigenvalue weighted by Crippen LogP contribution is 2.28. The molecular formula is C18H24O7. The molecule has 1 N–H and O–H groups in total. The van der Waals surface area contributed by atoms with Crippen molar-refractivity contribution in [3.63, 3.8) is 0 Å². The molecule has 0 amide bonds. The molecule has 0 saturated carbocycles. The van der Waals surface area contributed by atoms with E-state index in [4.69, 9.17) is 0 Å². The van der Waals surface area contributed by atoms with Gasteiger partial charge in [0.2, 0.25) is 0 Å². The predicted octanol–water partition coefficient (Wildman–Crippen LogP) is 1.43. The molecule has 1 rings (SSSR count). The van der Waals surface area contributed by atoms with Crippen molar-refractivity contribution in [1.29, 1.82) is 0 Å². The third-order valence-electron chi connectivity index (χ3n) is 3.96. The lowest BCUT2D eigenvalue weighted by Crippen LogP contribution is -2.05. The number of hydrogen-bond acceptors (Lipinski definition) is 7. The Morgan fingerprint density at radius 2 is 1.68 bits per heavy atom. The van der Waals surface area contributed by atoms with Gasteiger partial charge in [-0.3, -0.25) is 19.2 Å². The second-order valence-corrected chi connectivity index (χ2v) is 5.74. The largest absolute Gasteiger partial charge is 0.469 e. The summed E-state index contributed by atoms with van der Waals surface area (Å²) in [7, 11) is 2.58. The van der Waals surface area contributed by atoms with Gasteiger partial charge in [-0.15, -0.1) is 0 Å². The van der Waals surface area contributed by atoms with E-state index in [2.05, 4.69) is 9.47 Å². The molecule has 0 heterocycles. The fourth-order valence-electron chi connectivity index (χ4n) is 2.53. The van der Waals surface area contributed by atoms with Crippen molar-refractivity contribution in [3.05, 3.63) is 23.3 Å². The van der Waals surface area contributed by atoms with E-state index in [1.54, 1.807) is 0 Å². The molecule has 0 radical (unpaired) electrons. The van der Waals surface area contributed by atoms with Crippen LogP contribution in [0, 0.1) is 0 Å². The van der Waals surface area contributed by atoms with Crippen molar-refractivity contribution in [2.24, 2.45) is 0 Å².